The number of ether oxygens (including phenoxy) is 1. The molecular weight excluding hydrogens is 416 g/mol. The van der Waals surface area contributed by atoms with E-state index in [-0.39, 0.29) is 18.6 Å². The van der Waals surface area contributed by atoms with Crippen molar-refractivity contribution >= 4 is 24.3 Å². The number of imide groups is 1. The zero-order valence-electron chi connectivity index (χ0n) is 19.3. The molecule has 10 nitrogen and oxygen atoms in total. The first-order valence-electron chi connectivity index (χ1n) is 11.7. The van der Waals surface area contributed by atoms with Crippen molar-refractivity contribution in [2.45, 2.75) is 77.4 Å². The van der Waals surface area contributed by atoms with E-state index in [0.29, 0.717) is 62.8 Å². The van der Waals surface area contributed by atoms with Crippen LogP contribution in [0.4, 0.5) is 4.79 Å². The SMILES string of the molecule is CC(C)OCCCNC(=O)NC(=O)[C@@H]1CCCN1C(=O)[C@H](CC1CCCC1)CN(O)C=O. The number of likely N-dealkylation sites (tertiary alicyclic amines) is 1. The van der Waals surface area contributed by atoms with Gasteiger partial charge < -0.3 is 15.0 Å². The summed E-state index contributed by atoms with van der Waals surface area (Å²) < 4.78 is 5.41. The molecule has 0 spiro atoms. The lowest BCUT2D eigenvalue weighted by molar-refractivity contribution is -0.158. The molecular formula is C22H38N4O6. The molecule has 182 valence electrons. The lowest BCUT2D eigenvalue weighted by atomic mass is 9.91. The number of urea groups is 1. The maximum absolute atomic E-state index is 13.3. The third-order valence-electron chi connectivity index (χ3n) is 6.10. The van der Waals surface area contributed by atoms with E-state index in [1.165, 1.54) is 4.90 Å². The van der Waals surface area contributed by atoms with Crippen LogP contribution in [0.25, 0.3) is 0 Å². The van der Waals surface area contributed by atoms with Crippen molar-refractivity contribution in [3.63, 3.8) is 0 Å². The van der Waals surface area contributed by atoms with Crippen LogP contribution < -0.4 is 10.6 Å². The zero-order valence-corrected chi connectivity index (χ0v) is 19.3. The number of hydroxylamine groups is 2. The third-order valence-corrected chi connectivity index (χ3v) is 6.10. The molecule has 0 bridgehead atoms. The van der Waals surface area contributed by atoms with E-state index in [2.05, 4.69) is 10.6 Å². The van der Waals surface area contributed by atoms with Crippen LogP contribution in [0.15, 0.2) is 0 Å². The van der Waals surface area contributed by atoms with Crippen LogP contribution in [0.1, 0.15) is 65.2 Å². The van der Waals surface area contributed by atoms with Crippen molar-refractivity contribution in [1.29, 1.82) is 0 Å². The lowest BCUT2D eigenvalue weighted by Crippen LogP contribution is -2.52. The van der Waals surface area contributed by atoms with E-state index >= 15 is 0 Å². The van der Waals surface area contributed by atoms with Gasteiger partial charge in [0.1, 0.15) is 6.04 Å². The Morgan fingerprint density at radius 2 is 1.91 bits per heavy atom. The van der Waals surface area contributed by atoms with Gasteiger partial charge in [-0.2, -0.15) is 0 Å². The van der Waals surface area contributed by atoms with Gasteiger partial charge in [0.2, 0.25) is 12.3 Å². The molecule has 1 saturated carbocycles. The largest absolute Gasteiger partial charge is 0.379 e. The van der Waals surface area contributed by atoms with Crippen LogP contribution >= 0.6 is 0 Å². The maximum Gasteiger partial charge on any atom is 0.321 e. The molecule has 3 N–H and O–H groups in total. The number of nitrogens with zero attached hydrogens (tertiary/aromatic N) is 2. The molecule has 0 radical (unpaired) electrons. The minimum Gasteiger partial charge on any atom is -0.379 e. The van der Waals surface area contributed by atoms with Gasteiger partial charge in [0, 0.05) is 19.7 Å². The Hall–Kier alpha value is -2.20. The molecule has 2 atom stereocenters. The summed E-state index contributed by atoms with van der Waals surface area (Å²) in [6.07, 6.45) is 7.05. The van der Waals surface area contributed by atoms with Crippen molar-refractivity contribution in [3.8, 4) is 0 Å². The van der Waals surface area contributed by atoms with E-state index in [1.54, 1.807) is 0 Å². The normalized spacial score (nSPS) is 19.8. The van der Waals surface area contributed by atoms with Crippen LogP contribution in [0, 0.1) is 11.8 Å². The van der Waals surface area contributed by atoms with Gasteiger partial charge in [0.25, 0.3) is 5.91 Å². The highest BCUT2D eigenvalue weighted by Gasteiger charge is 2.39. The van der Waals surface area contributed by atoms with Crippen molar-refractivity contribution in [3.05, 3.63) is 0 Å². The Morgan fingerprint density at radius 1 is 1.19 bits per heavy atom. The molecule has 1 aliphatic heterocycles. The summed E-state index contributed by atoms with van der Waals surface area (Å²) in [5.41, 5.74) is 0. The molecule has 2 fully saturated rings. The molecule has 1 saturated heterocycles. The molecule has 1 aliphatic carbocycles. The molecule has 0 aromatic rings. The fourth-order valence-corrected chi connectivity index (χ4v) is 4.54. The van der Waals surface area contributed by atoms with Gasteiger partial charge in [0.15, 0.2) is 0 Å². The Balaban J connectivity index is 1.89. The highest BCUT2D eigenvalue weighted by atomic mass is 16.5. The number of carbonyl (C=O) groups is 4. The summed E-state index contributed by atoms with van der Waals surface area (Å²) in [6.45, 7) is 5.08. The molecule has 2 rings (SSSR count). The number of carbonyl (C=O) groups excluding carboxylic acids is 4. The molecule has 0 aromatic carbocycles. The first-order valence-corrected chi connectivity index (χ1v) is 11.7. The van der Waals surface area contributed by atoms with E-state index in [1.807, 2.05) is 13.8 Å². The van der Waals surface area contributed by atoms with Crippen molar-refractivity contribution in [1.82, 2.24) is 20.6 Å². The number of nitrogens with one attached hydrogen (secondary N) is 2. The van der Waals surface area contributed by atoms with Crippen molar-refractivity contribution in [2.75, 3.05) is 26.2 Å². The van der Waals surface area contributed by atoms with Gasteiger partial charge in [-0.25, -0.2) is 9.86 Å². The van der Waals surface area contributed by atoms with Gasteiger partial charge in [-0.05, 0) is 45.4 Å². The van der Waals surface area contributed by atoms with Gasteiger partial charge in [-0.1, -0.05) is 25.7 Å². The molecule has 1 heterocycles. The monoisotopic (exact) mass is 454 g/mol. The van der Waals surface area contributed by atoms with Crippen LogP contribution in [-0.4, -0.2) is 77.8 Å². The van der Waals surface area contributed by atoms with E-state index in [9.17, 15) is 24.4 Å². The van der Waals surface area contributed by atoms with Crippen LogP contribution in [0.3, 0.4) is 0 Å². The fourth-order valence-electron chi connectivity index (χ4n) is 4.54. The summed E-state index contributed by atoms with van der Waals surface area (Å²) in [4.78, 5) is 50.4. The Kier molecular flexibility index (Phi) is 10.9. The third kappa shape index (κ3) is 8.38. The molecule has 2 aliphatic rings. The molecule has 0 unspecified atom stereocenters. The Labute approximate surface area is 190 Å². The average molecular weight is 455 g/mol. The summed E-state index contributed by atoms with van der Waals surface area (Å²) in [5, 5.41) is 15.1. The minimum absolute atomic E-state index is 0.0946. The highest BCUT2D eigenvalue weighted by Crippen LogP contribution is 2.32. The van der Waals surface area contributed by atoms with Gasteiger partial charge in [0.05, 0.1) is 18.6 Å². The minimum atomic E-state index is -0.730. The van der Waals surface area contributed by atoms with Gasteiger partial charge in [-0.15, -0.1) is 0 Å². The lowest BCUT2D eigenvalue weighted by Gasteiger charge is -2.30. The second-order valence-corrected chi connectivity index (χ2v) is 9.02. The molecule has 10 heteroatoms. The standard InChI is InChI=1S/C22H38N4O6/c1-16(2)32-12-6-10-23-22(30)24-20(28)19-9-5-11-26(19)21(29)18(14-25(31)15-27)13-17-7-3-4-8-17/h15-19,31H,3-14H2,1-2H3,(H2,23,24,28,30)/t18-,19+/m1/s1. The predicted octanol–water partition coefficient (Wildman–Crippen LogP) is 1.66. The van der Waals surface area contributed by atoms with Crippen molar-refractivity contribution < 1.29 is 29.1 Å². The smallest absolute Gasteiger partial charge is 0.321 e. The number of rotatable bonds is 12. The maximum atomic E-state index is 13.3. The first-order chi connectivity index (χ1) is 15.3. The molecule has 5 amide bonds. The second kappa shape index (κ2) is 13.4. The number of hydrogen-bond acceptors (Lipinski definition) is 6. The summed E-state index contributed by atoms with van der Waals surface area (Å²) >= 11 is 0. The fraction of sp³-hybridized carbons (Fsp3) is 0.818. The quantitative estimate of drug-likeness (QED) is 0.178. The van der Waals surface area contributed by atoms with Crippen molar-refractivity contribution in [2.24, 2.45) is 11.8 Å². The summed E-state index contributed by atoms with van der Waals surface area (Å²) in [7, 11) is 0. The molecule has 32 heavy (non-hydrogen) atoms. The Morgan fingerprint density at radius 3 is 2.56 bits per heavy atom. The Bertz CT molecular complexity index is 638. The number of hydrogen-bond donors (Lipinski definition) is 3. The summed E-state index contributed by atoms with van der Waals surface area (Å²) in [6, 6.07) is -1.32. The predicted molar refractivity (Wildman–Crippen MR) is 117 cm³/mol. The average Bonchev–Trinajstić information content (AvgIpc) is 3.44. The van der Waals surface area contributed by atoms with Crippen LogP contribution in [0.5, 0.6) is 0 Å². The molecule has 0 aromatic heterocycles. The topological polar surface area (TPSA) is 128 Å². The summed E-state index contributed by atoms with van der Waals surface area (Å²) in [5.74, 6) is -0.954. The zero-order chi connectivity index (χ0) is 23.5. The van der Waals surface area contributed by atoms with Gasteiger partial charge >= 0.3 is 6.03 Å². The van der Waals surface area contributed by atoms with Gasteiger partial charge in [-0.3, -0.25) is 24.9 Å². The second-order valence-electron chi connectivity index (χ2n) is 9.02. The number of amides is 5. The van der Waals surface area contributed by atoms with Crippen LogP contribution in [0.2, 0.25) is 0 Å². The van der Waals surface area contributed by atoms with E-state index in [0.717, 1.165) is 25.7 Å². The first kappa shape index (κ1) is 26.1. The van der Waals surface area contributed by atoms with Crippen LogP contribution in [-0.2, 0) is 19.1 Å². The van der Waals surface area contributed by atoms with E-state index < -0.39 is 23.9 Å². The highest BCUT2D eigenvalue weighted by molar-refractivity contribution is 5.99. The van der Waals surface area contributed by atoms with E-state index in [4.69, 9.17) is 4.74 Å².